The molecule has 0 aliphatic heterocycles. The molecule has 1 saturated carbocycles. The van der Waals surface area contributed by atoms with Crippen LogP contribution in [0.2, 0.25) is 0 Å². The first-order valence-electron chi connectivity index (χ1n) is 6.92. The van der Waals surface area contributed by atoms with Crippen molar-refractivity contribution in [3.05, 3.63) is 27.8 Å². The minimum atomic E-state index is 0.186. The van der Waals surface area contributed by atoms with Gasteiger partial charge in [0.25, 0.3) is 0 Å². The molecule has 1 aliphatic rings. The minimum absolute atomic E-state index is 0.186. The van der Waals surface area contributed by atoms with Gasteiger partial charge in [0.1, 0.15) is 0 Å². The second-order valence-corrected chi connectivity index (χ2v) is 6.40. The molecular formula is C15H21IN2O. The first-order chi connectivity index (χ1) is 9.16. The van der Waals surface area contributed by atoms with Crippen molar-refractivity contribution in [2.45, 2.75) is 38.1 Å². The number of rotatable bonds is 4. The predicted molar refractivity (Wildman–Crippen MR) is 87.3 cm³/mol. The maximum Gasteiger partial charge on any atom is 0.241 e. The third-order valence-corrected chi connectivity index (χ3v) is 4.52. The number of nitrogens with zero attached hydrogens (tertiary/aromatic N) is 1. The Bertz CT molecular complexity index is 413. The summed E-state index contributed by atoms with van der Waals surface area (Å²) >= 11 is 2.28. The molecule has 0 spiro atoms. The van der Waals surface area contributed by atoms with Crippen molar-refractivity contribution < 1.29 is 4.79 Å². The molecule has 0 bridgehead atoms. The lowest BCUT2D eigenvalue weighted by Crippen LogP contribution is -2.41. The predicted octanol–water partition coefficient (Wildman–Crippen LogP) is 3.49. The van der Waals surface area contributed by atoms with Crippen LogP contribution in [0, 0.1) is 3.57 Å². The van der Waals surface area contributed by atoms with Crippen molar-refractivity contribution in [2.75, 3.05) is 18.9 Å². The van der Waals surface area contributed by atoms with Crippen LogP contribution >= 0.6 is 22.6 Å². The lowest BCUT2D eigenvalue weighted by Gasteiger charge is -2.31. The Morgan fingerprint density at radius 2 is 1.89 bits per heavy atom. The summed E-state index contributed by atoms with van der Waals surface area (Å²) in [5.41, 5.74) is 1.01. The molecule has 1 aromatic carbocycles. The molecule has 3 nitrogen and oxygen atoms in total. The van der Waals surface area contributed by atoms with Gasteiger partial charge in [-0.2, -0.15) is 0 Å². The smallest absolute Gasteiger partial charge is 0.241 e. The van der Waals surface area contributed by atoms with E-state index in [9.17, 15) is 4.79 Å². The number of amides is 1. The summed E-state index contributed by atoms with van der Waals surface area (Å²) in [7, 11) is 1.94. The van der Waals surface area contributed by atoms with Crippen LogP contribution in [0.15, 0.2) is 24.3 Å². The lowest BCUT2D eigenvalue weighted by atomic mass is 9.94. The molecule has 2 rings (SSSR count). The Labute approximate surface area is 128 Å². The number of carbonyl (C=O) groups excluding carboxylic acids is 1. The van der Waals surface area contributed by atoms with Crippen LogP contribution in [0.25, 0.3) is 0 Å². The van der Waals surface area contributed by atoms with Crippen LogP contribution in [0.4, 0.5) is 5.69 Å². The number of likely N-dealkylation sites (N-methyl/N-ethyl adjacent to an activating group) is 1. The summed E-state index contributed by atoms with van der Waals surface area (Å²) < 4.78 is 1.20. The fraction of sp³-hybridized carbons (Fsp3) is 0.533. The molecule has 0 aromatic heterocycles. The van der Waals surface area contributed by atoms with Crippen molar-refractivity contribution >= 4 is 34.2 Å². The molecule has 0 saturated heterocycles. The van der Waals surface area contributed by atoms with Gasteiger partial charge in [0.2, 0.25) is 5.91 Å². The van der Waals surface area contributed by atoms with Crippen LogP contribution in [0.1, 0.15) is 32.1 Å². The van der Waals surface area contributed by atoms with E-state index in [1.165, 1.54) is 22.8 Å². The van der Waals surface area contributed by atoms with Gasteiger partial charge in [0.15, 0.2) is 0 Å². The van der Waals surface area contributed by atoms with Gasteiger partial charge in [-0.25, -0.2) is 0 Å². The summed E-state index contributed by atoms with van der Waals surface area (Å²) in [6.45, 7) is 0.383. The van der Waals surface area contributed by atoms with Gasteiger partial charge < -0.3 is 10.2 Å². The van der Waals surface area contributed by atoms with Gasteiger partial charge in [-0.05, 0) is 59.7 Å². The molecule has 1 fully saturated rings. The van der Waals surface area contributed by atoms with Gasteiger partial charge >= 0.3 is 0 Å². The first kappa shape index (κ1) is 14.6. The summed E-state index contributed by atoms with van der Waals surface area (Å²) in [5, 5.41) is 3.20. The number of hydrogen-bond donors (Lipinski definition) is 1. The van der Waals surface area contributed by atoms with Gasteiger partial charge in [0.05, 0.1) is 6.54 Å². The summed E-state index contributed by atoms with van der Waals surface area (Å²) in [5.74, 6) is 0.186. The van der Waals surface area contributed by atoms with Gasteiger partial charge in [0, 0.05) is 22.3 Å². The molecule has 0 unspecified atom stereocenters. The second kappa shape index (κ2) is 7.12. The molecule has 0 atom stereocenters. The van der Waals surface area contributed by atoms with Crippen LogP contribution in [0.5, 0.6) is 0 Å². The lowest BCUT2D eigenvalue weighted by molar-refractivity contribution is -0.130. The molecule has 104 valence electrons. The Morgan fingerprint density at radius 1 is 1.26 bits per heavy atom. The summed E-state index contributed by atoms with van der Waals surface area (Å²) in [6, 6.07) is 8.54. The molecule has 0 heterocycles. The number of halogens is 1. The average molecular weight is 372 g/mol. The second-order valence-electron chi connectivity index (χ2n) is 5.16. The molecule has 1 N–H and O–H groups in total. The van der Waals surface area contributed by atoms with Gasteiger partial charge in [-0.1, -0.05) is 19.3 Å². The highest BCUT2D eigenvalue weighted by molar-refractivity contribution is 14.1. The molecule has 1 aliphatic carbocycles. The first-order valence-corrected chi connectivity index (χ1v) is 8.00. The third kappa shape index (κ3) is 4.37. The van der Waals surface area contributed by atoms with Crippen LogP contribution in [-0.2, 0) is 4.79 Å². The quantitative estimate of drug-likeness (QED) is 0.821. The molecule has 1 aromatic rings. The standard InChI is InChI=1S/C15H21IN2O/c1-18(14-5-3-2-4-6-14)15(19)11-17-13-9-7-12(16)8-10-13/h7-10,14,17H,2-6,11H2,1H3. The number of benzene rings is 1. The number of carbonyl (C=O) groups is 1. The normalized spacial score (nSPS) is 16.1. The number of anilines is 1. The molecular weight excluding hydrogens is 351 g/mol. The fourth-order valence-electron chi connectivity index (χ4n) is 2.54. The fourth-order valence-corrected chi connectivity index (χ4v) is 2.90. The number of hydrogen-bond acceptors (Lipinski definition) is 2. The van der Waals surface area contributed by atoms with Crippen molar-refractivity contribution in [2.24, 2.45) is 0 Å². The van der Waals surface area contributed by atoms with E-state index >= 15 is 0 Å². The summed E-state index contributed by atoms with van der Waals surface area (Å²) in [6.07, 6.45) is 6.15. The largest absolute Gasteiger partial charge is 0.376 e. The Morgan fingerprint density at radius 3 is 2.53 bits per heavy atom. The highest BCUT2D eigenvalue weighted by Gasteiger charge is 2.21. The monoisotopic (exact) mass is 372 g/mol. The minimum Gasteiger partial charge on any atom is -0.376 e. The highest BCUT2D eigenvalue weighted by Crippen LogP contribution is 2.21. The van der Waals surface area contributed by atoms with Gasteiger partial charge in [-0.3, -0.25) is 4.79 Å². The van der Waals surface area contributed by atoms with E-state index in [1.807, 2.05) is 36.2 Å². The van der Waals surface area contributed by atoms with E-state index < -0.39 is 0 Å². The molecule has 1 amide bonds. The van der Waals surface area contributed by atoms with Crippen molar-refractivity contribution in [1.29, 1.82) is 0 Å². The van der Waals surface area contributed by atoms with E-state index in [4.69, 9.17) is 0 Å². The number of nitrogens with one attached hydrogen (secondary N) is 1. The molecule has 0 radical (unpaired) electrons. The zero-order valence-electron chi connectivity index (χ0n) is 11.4. The highest BCUT2D eigenvalue weighted by atomic mass is 127. The van der Waals surface area contributed by atoms with Gasteiger partial charge in [-0.15, -0.1) is 0 Å². The maximum atomic E-state index is 12.1. The zero-order valence-corrected chi connectivity index (χ0v) is 13.5. The maximum absolute atomic E-state index is 12.1. The Balaban J connectivity index is 1.81. The van der Waals surface area contributed by atoms with Crippen LogP contribution in [0.3, 0.4) is 0 Å². The van der Waals surface area contributed by atoms with E-state index in [2.05, 4.69) is 27.9 Å². The van der Waals surface area contributed by atoms with Crippen LogP contribution < -0.4 is 5.32 Å². The van der Waals surface area contributed by atoms with Crippen LogP contribution in [-0.4, -0.2) is 30.4 Å². The van der Waals surface area contributed by atoms with Crippen molar-refractivity contribution in [1.82, 2.24) is 4.90 Å². The Kier molecular flexibility index (Phi) is 5.48. The third-order valence-electron chi connectivity index (χ3n) is 3.80. The van der Waals surface area contributed by atoms with E-state index in [0.717, 1.165) is 18.5 Å². The van der Waals surface area contributed by atoms with Crippen molar-refractivity contribution in [3.8, 4) is 0 Å². The van der Waals surface area contributed by atoms with Crippen molar-refractivity contribution in [3.63, 3.8) is 0 Å². The van der Waals surface area contributed by atoms with E-state index in [-0.39, 0.29) is 5.91 Å². The summed E-state index contributed by atoms with van der Waals surface area (Å²) in [4.78, 5) is 14.1. The molecule has 4 heteroatoms. The van der Waals surface area contributed by atoms with E-state index in [0.29, 0.717) is 12.6 Å². The Hall–Kier alpha value is -0.780. The molecule has 19 heavy (non-hydrogen) atoms. The van der Waals surface area contributed by atoms with E-state index in [1.54, 1.807) is 0 Å². The average Bonchev–Trinajstić information content (AvgIpc) is 2.46. The zero-order chi connectivity index (χ0) is 13.7. The topological polar surface area (TPSA) is 32.3 Å². The SMILES string of the molecule is CN(C(=O)CNc1ccc(I)cc1)C1CCCCC1.